The minimum absolute atomic E-state index is 0.169. The smallest absolute Gasteiger partial charge is 0.231 e. The first-order valence-corrected chi connectivity index (χ1v) is 7.66. The molecule has 116 valence electrons. The summed E-state index contributed by atoms with van der Waals surface area (Å²) in [4.78, 5) is 7.70. The SMILES string of the molecule is C=N/C(=C\N=C(/C)[C@@H](OC(C)C)[C@@H](C)S(N)(=O)=O)OC. The van der Waals surface area contributed by atoms with Gasteiger partial charge in [0.05, 0.1) is 19.4 Å². The minimum Gasteiger partial charge on any atom is -0.480 e. The molecule has 0 fully saturated rings. The third kappa shape index (κ3) is 6.27. The number of aliphatic imine (C=N–C) groups is 2. The fourth-order valence-corrected chi connectivity index (χ4v) is 2.01. The molecule has 0 aliphatic heterocycles. The van der Waals surface area contributed by atoms with Crippen LogP contribution >= 0.6 is 0 Å². The molecule has 0 aliphatic rings. The molecule has 0 aromatic carbocycles. The molecule has 0 amide bonds. The van der Waals surface area contributed by atoms with Crippen LogP contribution in [0.1, 0.15) is 27.7 Å². The number of primary sulfonamides is 1. The van der Waals surface area contributed by atoms with Crippen LogP contribution in [0.3, 0.4) is 0 Å². The molecule has 0 unspecified atom stereocenters. The van der Waals surface area contributed by atoms with Crippen LogP contribution in [0, 0.1) is 0 Å². The van der Waals surface area contributed by atoms with Gasteiger partial charge in [-0.15, -0.1) is 0 Å². The van der Waals surface area contributed by atoms with Crippen LogP contribution in [0.15, 0.2) is 22.1 Å². The lowest BCUT2D eigenvalue weighted by molar-refractivity contribution is 0.0461. The van der Waals surface area contributed by atoms with Crippen molar-refractivity contribution < 1.29 is 17.9 Å². The van der Waals surface area contributed by atoms with Gasteiger partial charge in [-0.25, -0.2) is 18.5 Å². The molecule has 0 aromatic rings. The molecule has 0 aliphatic carbocycles. The third-order valence-corrected chi connectivity index (χ3v) is 3.80. The fraction of sp³-hybridized carbons (Fsp3) is 0.667. The van der Waals surface area contributed by atoms with E-state index in [2.05, 4.69) is 16.7 Å². The highest BCUT2D eigenvalue weighted by atomic mass is 32.2. The van der Waals surface area contributed by atoms with Crippen molar-refractivity contribution in [3.05, 3.63) is 12.1 Å². The molecule has 2 N–H and O–H groups in total. The van der Waals surface area contributed by atoms with E-state index in [0.717, 1.165) is 0 Å². The fourth-order valence-electron chi connectivity index (χ4n) is 1.40. The highest BCUT2D eigenvalue weighted by Crippen LogP contribution is 2.12. The molecular weight excluding hydrogens is 282 g/mol. The third-order valence-electron chi connectivity index (χ3n) is 2.52. The van der Waals surface area contributed by atoms with Crippen LogP contribution in [0.4, 0.5) is 0 Å². The zero-order valence-electron chi connectivity index (χ0n) is 12.5. The lowest BCUT2D eigenvalue weighted by Crippen LogP contribution is -2.43. The normalized spacial score (nSPS) is 16.9. The first-order valence-electron chi connectivity index (χ1n) is 6.05. The number of rotatable bonds is 8. The molecule has 7 nitrogen and oxygen atoms in total. The van der Waals surface area contributed by atoms with Crippen LogP contribution < -0.4 is 5.14 Å². The Bertz CT molecular complexity index is 483. The second-order valence-corrected chi connectivity index (χ2v) is 6.42. The van der Waals surface area contributed by atoms with E-state index in [0.29, 0.717) is 5.71 Å². The topological polar surface area (TPSA) is 103 Å². The molecule has 0 radical (unpaired) electrons. The van der Waals surface area contributed by atoms with Crippen LogP contribution in [0.2, 0.25) is 0 Å². The predicted molar refractivity (Wildman–Crippen MR) is 80.3 cm³/mol. The summed E-state index contributed by atoms with van der Waals surface area (Å²) in [6.07, 6.45) is 0.427. The van der Waals surface area contributed by atoms with Crippen molar-refractivity contribution in [3.8, 4) is 0 Å². The van der Waals surface area contributed by atoms with E-state index in [4.69, 9.17) is 14.6 Å². The van der Waals surface area contributed by atoms with Crippen LogP contribution in [-0.2, 0) is 19.5 Å². The molecule has 2 atom stereocenters. The van der Waals surface area contributed by atoms with E-state index in [1.54, 1.807) is 20.8 Å². The zero-order valence-corrected chi connectivity index (χ0v) is 13.3. The summed E-state index contributed by atoms with van der Waals surface area (Å²) in [5, 5.41) is 4.26. The van der Waals surface area contributed by atoms with E-state index < -0.39 is 21.4 Å². The number of nitrogens with two attached hydrogens (primary N) is 1. The molecule has 0 rings (SSSR count). The number of hydrogen-bond acceptors (Lipinski definition) is 6. The van der Waals surface area contributed by atoms with Crippen molar-refractivity contribution in [3.63, 3.8) is 0 Å². The van der Waals surface area contributed by atoms with E-state index >= 15 is 0 Å². The van der Waals surface area contributed by atoms with E-state index in [1.165, 1.54) is 20.2 Å². The maximum Gasteiger partial charge on any atom is 0.231 e. The highest BCUT2D eigenvalue weighted by molar-refractivity contribution is 7.89. The molecule has 0 heterocycles. The van der Waals surface area contributed by atoms with Crippen molar-refractivity contribution in [1.29, 1.82) is 0 Å². The summed E-state index contributed by atoms with van der Waals surface area (Å²) in [6.45, 7) is 10.1. The van der Waals surface area contributed by atoms with Gasteiger partial charge in [-0.1, -0.05) is 0 Å². The summed E-state index contributed by atoms with van der Waals surface area (Å²) < 4.78 is 33.4. The molecule has 0 aromatic heterocycles. The van der Waals surface area contributed by atoms with Gasteiger partial charge in [0.15, 0.2) is 0 Å². The van der Waals surface area contributed by atoms with Crippen molar-refractivity contribution in [2.75, 3.05) is 7.11 Å². The van der Waals surface area contributed by atoms with E-state index in [-0.39, 0.29) is 12.0 Å². The molecule has 0 bridgehead atoms. The van der Waals surface area contributed by atoms with Gasteiger partial charge in [0, 0.05) is 5.71 Å². The van der Waals surface area contributed by atoms with Gasteiger partial charge in [-0.3, -0.25) is 4.99 Å². The highest BCUT2D eigenvalue weighted by Gasteiger charge is 2.30. The molecule has 20 heavy (non-hydrogen) atoms. The summed E-state index contributed by atoms with van der Waals surface area (Å²) >= 11 is 0. The van der Waals surface area contributed by atoms with Crippen molar-refractivity contribution in [1.82, 2.24) is 0 Å². The van der Waals surface area contributed by atoms with Crippen LogP contribution in [-0.4, -0.2) is 45.4 Å². The quantitative estimate of drug-likeness (QED) is 0.535. The Morgan fingerprint density at radius 2 is 1.90 bits per heavy atom. The molecule has 0 saturated carbocycles. The van der Waals surface area contributed by atoms with Crippen LogP contribution in [0.25, 0.3) is 0 Å². The second-order valence-electron chi connectivity index (χ2n) is 4.50. The van der Waals surface area contributed by atoms with Gasteiger partial charge in [0.2, 0.25) is 15.9 Å². The van der Waals surface area contributed by atoms with Crippen LogP contribution in [0.5, 0.6) is 0 Å². The lowest BCUT2D eigenvalue weighted by atomic mass is 10.2. The lowest BCUT2D eigenvalue weighted by Gasteiger charge is -2.24. The van der Waals surface area contributed by atoms with Gasteiger partial charge in [0.1, 0.15) is 11.4 Å². The predicted octanol–water partition coefficient (Wildman–Crippen LogP) is 1.06. The Labute approximate surface area is 120 Å². The van der Waals surface area contributed by atoms with Gasteiger partial charge in [0.25, 0.3) is 0 Å². The minimum atomic E-state index is -3.74. The number of nitrogens with zero attached hydrogens (tertiary/aromatic N) is 2. The molecule has 8 heteroatoms. The standard InChI is InChI=1S/C12H23N3O4S/c1-8(2)19-12(10(4)20(13,16)17)9(3)15-7-11(14-5)18-6/h7-8,10,12H,5H2,1-4,6H3,(H2,13,16,17)/b11-7+,15-9+/t10-,12-/m1/s1. The Kier molecular flexibility index (Phi) is 7.62. The first kappa shape index (κ1) is 18.8. The van der Waals surface area contributed by atoms with E-state index in [9.17, 15) is 8.42 Å². The average molecular weight is 305 g/mol. The number of hydrogen-bond donors (Lipinski definition) is 1. The van der Waals surface area contributed by atoms with Gasteiger partial charge < -0.3 is 9.47 Å². The average Bonchev–Trinajstić information content (AvgIpc) is 2.34. The van der Waals surface area contributed by atoms with Crippen molar-refractivity contribution in [2.24, 2.45) is 15.1 Å². The van der Waals surface area contributed by atoms with Crippen molar-refractivity contribution in [2.45, 2.75) is 45.2 Å². The zero-order chi connectivity index (χ0) is 15.9. The maximum absolute atomic E-state index is 11.5. The summed E-state index contributed by atoms with van der Waals surface area (Å²) in [5.74, 6) is 0.218. The van der Waals surface area contributed by atoms with Gasteiger partial charge in [-0.2, -0.15) is 0 Å². The largest absolute Gasteiger partial charge is 0.480 e. The van der Waals surface area contributed by atoms with Gasteiger partial charge >= 0.3 is 0 Å². The summed E-state index contributed by atoms with van der Waals surface area (Å²) in [7, 11) is -2.30. The van der Waals surface area contributed by atoms with E-state index in [1.807, 2.05) is 0 Å². The van der Waals surface area contributed by atoms with Crippen molar-refractivity contribution >= 4 is 22.5 Å². The number of methoxy groups -OCH3 is 1. The second kappa shape index (κ2) is 8.13. The number of ether oxygens (including phenoxy) is 2. The number of sulfonamides is 1. The molecule has 0 saturated heterocycles. The molecular formula is C12H23N3O4S. The van der Waals surface area contributed by atoms with Gasteiger partial charge in [-0.05, 0) is 34.4 Å². The molecule has 0 spiro atoms. The summed E-state index contributed by atoms with van der Waals surface area (Å²) in [5.41, 5.74) is 0.457. The first-order chi connectivity index (χ1) is 9.13. The Hall–Kier alpha value is -1.25. The Morgan fingerprint density at radius 1 is 1.35 bits per heavy atom. The maximum atomic E-state index is 11.5. The monoisotopic (exact) mass is 305 g/mol. The Balaban J connectivity index is 5.38. The summed E-state index contributed by atoms with van der Waals surface area (Å²) in [6, 6.07) is 0. The Morgan fingerprint density at radius 3 is 2.25 bits per heavy atom.